The van der Waals surface area contributed by atoms with Crippen LogP contribution in [-0.2, 0) is 6.61 Å². The van der Waals surface area contributed by atoms with E-state index < -0.39 is 0 Å². The van der Waals surface area contributed by atoms with Crippen LogP contribution in [0.25, 0.3) is 0 Å². The van der Waals surface area contributed by atoms with Gasteiger partial charge in [0.15, 0.2) is 5.78 Å². The third-order valence-electron chi connectivity index (χ3n) is 3.59. The molecule has 0 saturated heterocycles. The zero-order valence-corrected chi connectivity index (χ0v) is 14.0. The van der Waals surface area contributed by atoms with E-state index in [-0.39, 0.29) is 5.78 Å². The molecule has 0 aromatic heterocycles. The van der Waals surface area contributed by atoms with E-state index in [1.165, 1.54) is 0 Å². The van der Waals surface area contributed by atoms with E-state index in [9.17, 15) is 4.79 Å². The van der Waals surface area contributed by atoms with Crippen LogP contribution in [0.2, 0.25) is 5.02 Å². The van der Waals surface area contributed by atoms with E-state index in [0.717, 1.165) is 27.5 Å². The van der Waals surface area contributed by atoms with Gasteiger partial charge in [-0.25, -0.2) is 0 Å². The average Bonchev–Trinajstić information content (AvgIpc) is 2.53. The molecule has 2 aromatic carbocycles. The van der Waals surface area contributed by atoms with Gasteiger partial charge in [0, 0.05) is 17.0 Å². The van der Waals surface area contributed by atoms with Gasteiger partial charge in [0.05, 0.1) is 0 Å². The Bertz CT molecular complexity index is 645. The maximum atomic E-state index is 11.6. The molecule has 0 heterocycles. The number of halogens is 1. The van der Waals surface area contributed by atoms with Crippen molar-refractivity contribution in [3.8, 4) is 5.75 Å². The lowest BCUT2D eigenvalue weighted by atomic mass is 10.0. The summed E-state index contributed by atoms with van der Waals surface area (Å²) in [7, 11) is 0. The molecule has 22 heavy (non-hydrogen) atoms. The van der Waals surface area contributed by atoms with Gasteiger partial charge in [0.2, 0.25) is 0 Å². The minimum Gasteiger partial charge on any atom is -0.489 e. The number of hydrogen-bond donors (Lipinski definition) is 0. The summed E-state index contributed by atoms with van der Waals surface area (Å²) in [5.41, 5.74) is 2.89. The van der Waals surface area contributed by atoms with E-state index in [0.29, 0.717) is 18.9 Å². The van der Waals surface area contributed by atoms with Gasteiger partial charge in [0.1, 0.15) is 12.4 Å². The third kappa shape index (κ3) is 4.11. The summed E-state index contributed by atoms with van der Waals surface area (Å²) in [5.74, 6) is 1.36. The van der Waals surface area contributed by atoms with Crippen molar-refractivity contribution in [1.82, 2.24) is 0 Å². The predicted molar refractivity (Wildman–Crippen MR) is 90.9 cm³/mol. The number of ether oxygens (including phenoxy) is 1. The maximum Gasteiger partial charge on any atom is 0.162 e. The molecule has 0 N–H and O–H groups in total. The molecule has 0 bridgehead atoms. The number of hydrogen-bond acceptors (Lipinski definition) is 2. The molecular formula is C19H21ClO2. The summed E-state index contributed by atoms with van der Waals surface area (Å²) in [6.45, 7) is 6.57. The Morgan fingerprint density at radius 1 is 1.14 bits per heavy atom. The van der Waals surface area contributed by atoms with Gasteiger partial charge >= 0.3 is 0 Å². The lowest BCUT2D eigenvalue weighted by Crippen LogP contribution is -2.01. The van der Waals surface area contributed by atoms with Crippen molar-refractivity contribution in [2.75, 3.05) is 0 Å². The predicted octanol–water partition coefficient (Wildman–Crippen LogP) is 5.64. The highest BCUT2D eigenvalue weighted by Crippen LogP contribution is 2.29. The summed E-state index contributed by atoms with van der Waals surface area (Å²) in [6.07, 6.45) is 0.526. The maximum absolute atomic E-state index is 11.6. The fraction of sp³-hybridized carbons (Fsp3) is 0.316. The molecule has 0 fully saturated rings. The van der Waals surface area contributed by atoms with Crippen molar-refractivity contribution in [3.63, 3.8) is 0 Å². The van der Waals surface area contributed by atoms with Crippen molar-refractivity contribution < 1.29 is 9.53 Å². The highest BCUT2D eigenvalue weighted by atomic mass is 35.5. The molecule has 0 saturated carbocycles. The van der Waals surface area contributed by atoms with Crippen molar-refractivity contribution >= 4 is 17.4 Å². The molecule has 116 valence electrons. The van der Waals surface area contributed by atoms with Gasteiger partial charge in [-0.05, 0) is 35.2 Å². The molecule has 0 aliphatic rings. The molecule has 0 aliphatic carbocycles. The molecule has 3 heteroatoms. The fourth-order valence-electron chi connectivity index (χ4n) is 2.25. The summed E-state index contributed by atoms with van der Waals surface area (Å²) >= 11 is 6.05. The monoisotopic (exact) mass is 316 g/mol. The van der Waals surface area contributed by atoms with Crippen molar-refractivity contribution in [2.45, 2.75) is 39.7 Å². The highest BCUT2D eigenvalue weighted by molar-refractivity contribution is 6.30. The summed E-state index contributed by atoms with van der Waals surface area (Å²) < 4.78 is 5.92. The van der Waals surface area contributed by atoms with Crippen molar-refractivity contribution in [3.05, 3.63) is 64.2 Å². The molecule has 2 aromatic rings. The summed E-state index contributed by atoms with van der Waals surface area (Å²) in [4.78, 5) is 11.6. The van der Waals surface area contributed by atoms with Crippen molar-refractivity contribution in [1.29, 1.82) is 0 Å². The Morgan fingerprint density at radius 2 is 1.82 bits per heavy atom. The second-order valence-corrected chi connectivity index (χ2v) is 6.04. The molecule has 2 rings (SSSR count). The first-order chi connectivity index (χ1) is 10.5. The number of Topliss-reactive ketones (excluding diaryl/α,β-unsaturated/α-hetero) is 1. The van der Waals surface area contributed by atoms with E-state index in [4.69, 9.17) is 16.3 Å². The largest absolute Gasteiger partial charge is 0.489 e. The number of rotatable bonds is 6. The van der Waals surface area contributed by atoms with E-state index in [2.05, 4.69) is 13.8 Å². The third-order valence-corrected chi connectivity index (χ3v) is 3.82. The van der Waals surface area contributed by atoms with Gasteiger partial charge in [-0.2, -0.15) is 0 Å². The van der Waals surface area contributed by atoms with Crippen LogP contribution in [0, 0.1) is 0 Å². The van der Waals surface area contributed by atoms with Crippen LogP contribution in [0.5, 0.6) is 5.75 Å². The van der Waals surface area contributed by atoms with Gasteiger partial charge in [-0.1, -0.05) is 56.6 Å². The number of benzene rings is 2. The molecular weight excluding hydrogens is 296 g/mol. The summed E-state index contributed by atoms with van der Waals surface area (Å²) in [5, 5.41) is 0.721. The molecule has 0 amide bonds. The van der Waals surface area contributed by atoms with Gasteiger partial charge in [-0.15, -0.1) is 0 Å². The molecule has 0 radical (unpaired) electrons. The zero-order valence-electron chi connectivity index (χ0n) is 13.2. The molecule has 0 unspecified atom stereocenters. The van der Waals surface area contributed by atoms with Gasteiger partial charge in [0.25, 0.3) is 0 Å². The topological polar surface area (TPSA) is 26.3 Å². The van der Waals surface area contributed by atoms with Crippen LogP contribution in [0.4, 0.5) is 0 Å². The first-order valence-corrected chi connectivity index (χ1v) is 7.93. The minimum absolute atomic E-state index is 0.160. The highest BCUT2D eigenvalue weighted by Gasteiger charge is 2.09. The number of ketones is 1. The minimum atomic E-state index is 0.160. The quantitative estimate of drug-likeness (QED) is 0.645. The summed E-state index contributed by atoms with van der Waals surface area (Å²) in [6, 6.07) is 13.3. The Morgan fingerprint density at radius 3 is 2.41 bits per heavy atom. The van der Waals surface area contributed by atoms with Gasteiger partial charge < -0.3 is 4.74 Å². The van der Waals surface area contributed by atoms with Crippen LogP contribution in [0.1, 0.15) is 54.6 Å². The van der Waals surface area contributed by atoms with Crippen LogP contribution < -0.4 is 4.74 Å². The average molecular weight is 317 g/mol. The number of carbonyl (C=O) groups is 1. The van der Waals surface area contributed by atoms with Crippen LogP contribution in [0.3, 0.4) is 0 Å². The SMILES string of the molecule is CCC(=O)c1ccc(COc2ccc(Cl)cc2C(C)C)cc1. The number of carbonyl (C=O) groups excluding carboxylic acids is 1. The molecule has 2 nitrogen and oxygen atoms in total. The lowest BCUT2D eigenvalue weighted by Gasteiger charge is -2.14. The second-order valence-electron chi connectivity index (χ2n) is 5.60. The van der Waals surface area contributed by atoms with Crippen LogP contribution in [0.15, 0.2) is 42.5 Å². The Hall–Kier alpha value is -1.80. The van der Waals surface area contributed by atoms with E-state index >= 15 is 0 Å². The zero-order chi connectivity index (χ0) is 16.1. The standard InChI is InChI=1S/C19H21ClO2/c1-4-18(21)15-7-5-14(6-8-15)12-22-19-10-9-16(20)11-17(19)13(2)3/h5-11,13H,4,12H2,1-3H3. The fourth-order valence-corrected chi connectivity index (χ4v) is 2.43. The molecule has 0 aliphatic heterocycles. The normalized spacial score (nSPS) is 10.8. The second kappa shape index (κ2) is 7.46. The first-order valence-electron chi connectivity index (χ1n) is 7.55. The Kier molecular flexibility index (Phi) is 5.62. The van der Waals surface area contributed by atoms with Crippen LogP contribution in [-0.4, -0.2) is 5.78 Å². The van der Waals surface area contributed by atoms with E-state index in [1.54, 1.807) is 0 Å². The van der Waals surface area contributed by atoms with E-state index in [1.807, 2.05) is 49.4 Å². The molecule has 0 spiro atoms. The smallest absolute Gasteiger partial charge is 0.162 e. The van der Waals surface area contributed by atoms with Crippen molar-refractivity contribution in [2.24, 2.45) is 0 Å². The van der Waals surface area contributed by atoms with Crippen LogP contribution >= 0.6 is 11.6 Å². The van der Waals surface area contributed by atoms with Gasteiger partial charge in [-0.3, -0.25) is 4.79 Å². The Balaban J connectivity index is 2.08. The molecule has 0 atom stereocenters. The Labute approximate surface area is 137 Å². The lowest BCUT2D eigenvalue weighted by molar-refractivity contribution is 0.0988. The first kappa shape index (κ1) is 16.6.